The Labute approximate surface area is 113 Å². The smallest absolute Gasteiger partial charge is 0.310 e. The van der Waals surface area contributed by atoms with Crippen LogP contribution in [0.15, 0.2) is 29.8 Å². The maximum absolute atomic E-state index is 11.7. The molecule has 0 aromatic heterocycles. The molecule has 1 aromatic carbocycles. The molecule has 0 saturated carbocycles. The first-order valence-corrected chi connectivity index (χ1v) is 6.57. The van der Waals surface area contributed by atoms with E-state index in [0.717, 1.165) is 35.1 Å². The van der Waals surface area contributed by atoms with Crippen molar-refractivity contribution in [2.24, 2.45) is 0 Å². The summed E-state index contributed by atoms with van der Waals surface area (Å²) < 4.78 is 0. The predicted octanol–water partition coefficient (Wildman–Crippen LogP) is 3.40. The van der Waals surface area contributed by atoms with Gasteiger partial charge in [-0.3, -0.25) is 9.59 Å². The summed E-state index contributed by atoms with van der Waals surface area (Å²) >= 11 is 0. The molecule has 0 spiro atoms. The van der Waals surface area contributed by atoms with Crippen molar-refractivity contribution in [1.82, 2.24) is 0 Å². The molecular formula is C16H18O3. The van der Waals surface area contributed by atoms with Crippen LogP contribution in [0.5, 0.6) is 0 Å². The van der Waals surface area contributed by atoms with Gasteiger partial charge in [0.15, 0.2) is 5.78 Å². The van der Waals surface area contributed by atoms with Crippen molar-refractivity contribution < 1.29 is 14.7 Å². The molecule has 3 heteroatoms. The first-order chi connectivity index (χ1) is 9.00. The molecule has 3 nitrogen and oxygen atoms in total. The molecule has 0 bridgehead atoms. The number of hydrogen-bond acceptors (Lipinski definition) is 2. The normalized spacial score (nSPS) is 17.5. The first kappa shape index (κ1) is 13.5. The van der Waals surface area contributed by atoms with Gasteiger partial charge in [-0.15, -0.1) is 0 Å². The molecule has 0 radical (unpaired) electrons. The minimum atomic E-state index is -0.823. The summed E-state index contributed by atoms with van der Waals surface area (Å²) in [4.78, 5) is 22.6. The summed E-state index contributed by atoms with van der Waals surface area (Å²) in [5, 5.41) is 8.98. The van der Waals surface area contributed by atoms with E-state index >= 15 is 0 Å². The summed E-state index contributed by atoms with van der Waals surface area (Å²) in [5.74, 6) is -1.10. The lowest BCUT2D eigenvalue weighted by Crippen LogP contribution is -2.09. The van der Waals surface area contributed by atoms with Crippen molar-refractivity contribution in [3.8, 4) is 0 Å². The average molecular weight is 258 g/mol. The molecule has 2 rings (SSSR count). The molecule has 0 fully saturated rings. The molecule has 0 heterocycles. The molecule has 1 aliphatic carbocycles. The lowest BCUT2D eigenvalue weighted by molar-refractivity contribution is -0.138. The second-order valence-corrected chi connectivity index (χ2v) is 5.06. The van der Waals surface area contributed by atoms with E-state index in [2.05, 4.69) is 0 Å². The molecule has 0 saturated heterocycles. The number of carbonyl (C=O) groups excluding carboxylic acids is 1. The van der Waals surface area contributed by atoms with Crippen molar-refractivity contribution in [3.05, 3.63) is 41.0 Å². The van der Waals surface area contributed by atoms with Crippen LogP contribution in [-0.2, 0) is 9.59 Å². The third-order valence-electron chi connectivity index (χ3n) is 3.83. The molecular weight excluding hydrogens is 240 g/mol. The van der Waals surface area contributed by atoms with E-state index in [1.807, 2.05) is 31.2 Å². The van der Waals surface area contributed by atoms with Crippen LogP contribution in [0, 0.1) is 0 Å². The molecule has 100 valence electrons. The number of benzene rings is 1. The largest absolute Gasteiger partial charge is 0.481 e. The fourth-order valence-electron chi connectivity index (χ4n) is 2.45. The Morgan fingerprint density at radius 1 is 1.21 bits per heavy atom. The number of allylic oxidation sites excluding steroid dienone is 2. The highest BCUT2D eigenvalue weighted by Gasteiger charge is 2.18. The van der Waals surface area contributed by atoms with Crippen molar-refractivity contribution in [2.45, 2.75) is 39.0 Å². The number of carboxylic acids is 1. The van der Waals surface area contributed by atoms with Crippen LogP contribution in [0.3, 0.4) is 0 Å². The molecule has 1 aliphatic rings. The fourth-order valence-corrected chi connectivity index (χ4v) is 2.45. The van der Waals surface area contributed by atoms with Gasteiger partial charge in [0.05, 0.1) is 5.92 Å². The van der Waals surface area contributed by atoms with Gasteiger partial charge in [0.1, 0.15) is 0 Å². The quantitative estimate of drug-likeness (QED) is 0.904. The van der Waals surface area contributed by atoms with Gasteiger partial charge in [-0.25, -0.2) is 0 Å². The van der Waals surface area contributed by atoms with Gasteiger partial charge in [0.25, 0.3) is 0 Å². The standard InChI is InChI=1S/C16H18O3/c1-10(16(18)19)12-6-8-13(9-7-12)14-4-3-5-15(17)11(14)2/h6-10H,3-5H2,1-2H3,(H,18,19). The van der Waals surface area contributed by atoms with E-state index in [-0.39, 0.29) is 5.78 Å². The molecule has 0 aliphatic heterocycles. The van der Waals surface area contributed by atoms with Gasteiger partial charge in [-0.1, -0.05) is 24.3 Å². The predicted molar refractivity (Wildman–Crippen MR) is 73.9 cm³/mol. The van der Waals surface area contributed by atoms with Gasteiger partial charge in [0.2, 0.25) is 0 Å². The second kappa shape index (κ2) is 5.39. The Bertz CT molecular complexity index is 538. The van der Waals surface area contributed by atoms with Crippen LogP contribution in [0.1, 0.15) is 50.2 Å². The Kier molecular flexibility index (Phi) is 3.84. The van der Waals surface area contributed by atoms with E-state index in [9.17, 15) is 9.59 Å². The summed E-state index contributed by atoms with van der Waals surface area (Å²) in [6.07, 6.45) is 2.47. The number of hydrogen-bond donors (Lipinski definition) is 1. The molecule has 1 unspecified atom stereocenters. The molecule has 19 heavy (non-hydrogen) atoms. The Morgan fingerprint density at radius 2 is 1.84 bits per heavy atom. The van der Waals surface area contributed by atoms with Crippen molar-refractivity contribution in [3.63, 3.8) is 0 Å². The van der Waals surface area contributed by atoms with Crippen LogP contribution in [-0.4, -0.2) is 16.9 Å². The van der Waals surface area contributed by atoms with Gasteiger partial charge >= 0.3 is 5.97 Å². The van der Waals surface area contributed by atoms with Crippen LogP contribution in [0.25, 0.3) is 5.57 Å². The maximum Gasteiger partial charge on any atom is 0.310 e. The molecule has 1 aromatic rings. The molecule has 0 amide bonds. The minimum absolute atomic E-state index is 0.226. The van der Waals surface area contributed by atoms with Crippen LogP contribution < -0.4 is 0 Å². The summed E-state index contributed by atoms with van der Waals surface area (Å²) in [5.41, 5.74) is 3.78. The summed E-state index contributed by atoms with van der Waals surface area (Å²) in [6.45, 7) is 3.55. The van der Waals surface area contributed by atoms with E-state index in [1.54, 1.807) is 6.92 Å². The van der Waals surface area contributed by atoms with Gasteiger partial charge in [-0.05, 0) is 49.0 Å². The monoisotopic (exact) mass is 258 g/mol. The Hall–Kier alpha value is -1.90. The SMILES string of the molecule is CC1=C(c2ccc(C(C)C(=O)O)cc2)CCCC1=O. The van der Waals surface area contributed by atoms with Crippen LogP contribution in [0.4, 0.5) is 0 Å². The number of rotatable bonds is 3. The minimum Gasteiger partial charge on any atom is -0.481 e. The number of ketones is 1. The lowest BCUT2D eigenvalue weighted by Gasteiger charge is -2.17. The third kappa shape index (κ3) is 2.75. The van der Waals surface area contributed by atoms with Crippen molar-refractivity contribution in [2.75, 3.05) is 0 Å². The number of Topliss-reactive ketones (excluding diaryl/α,β-unsaturated/α-hetero) is 1. The average Bonchev–Trinajstić information content (AvgIpc) is 2.41. The molecule has 1 N–H and O–H groups in total. The maximum atomic E-state index is 11.7. The van der Waals surface area contributed by atoms with Gasteiger partial charge in [-0.2, -0.15) is 0 Å². The number of carboxylic acid groups (broad SMARTS) is 1. The van der Waals surface area contributed by atoms with E-state index < -0.39 is 11.9 Å². The van der Waals surface area contributed by atoms with Crippen LogP contribution in [0.2, 0.25) is 0 Å². The Morgan fingerprint density at radius 3 is 2.42 bits per heavy atom. The highest BCUT2D eigenvalue weighted by molar-refractivity contribution is 6.03. The zero-order chi connectivity index (χ0) is 14.0. The van der Waals surface area contributed by atoms with Crippen molar-refractivity contribution in [1.29, 1.82) is 0 Å². The number of carbonyl (C=O) groups is 2. The lowest BCUT2D eigenvalue weighted by atomic mass is 9.86. The van der Waals surface area contributed by atoms with Gasteiger partial charge < -0.3 is 5.11 Å². The van der Waals surface area contributed by atoms with E-state index in [1.165, 1.54) is 0 Å². The van der Waals surface area contributed by atoms with Crippen molar-refractivity contribution >= 4 is 17.3 Å². The highest BCUT2D eigenvalue weighted by atomic mass is 16.4. The Balaban J connectivity index is 2.31. The number of aliphatic carboxylic acids is 1. The van der Waals surface area contributed by atoms with Crippen LogP contribution >= 0.6 is 0 Å². The summed E-state index contributed by atoms with van der Waals surface area (Å²) in [6, 6.07) is 7.53. The van der Waals surface area contributed by atoms with E-state index in [4.69, 9.17) is 5.11 Å². The first-order valence-electron chi connectivity index (χ1n) is 6.57. The second-order valence-electron chi connectivity index (χ2n) is 5.06. The zero-order valence-corrected chi connectivity index (χ0v) is 11.3. The topological polar surface area (TPSA) is 54.4 Å². The van der Waals surface area contributed by atoms with E-state index in [0.29, 0.717) is 6.42 Å². The summed E-state index contributed by atoms with van der Waals surface area (Å²) in [7, 11) is 0. The fraction of sp³-hybridized carbons (Fsp3) is 0.375. The zero-order valence-electron chi connectivity index (χ0n) is 11.3. The highest BCUT2D eigenvalue weighted by Crippen LogP contribution is 2.30. The molecule has 1 atom stereocenters. The van der Waals surface area contributed by atoms with Gasteiger partial charge in [0, 0.05) is 6.42 Å². The third-order valence-corrected chi connectivity index (χ3v) is 3.83.